The fourth-order valence-electron chi connectivity index (χ4n) is 2.42. The maximum Gasteiger partial charge on any atom is 0.247 e. The van der Waals surface area contributed by atoms with Gasteiger partial charge in [0.2, 0.25) is 11.8 Å². The molecule has 1 heterocycles. The molecular formula is C18H18FN3O. The van der Waals surface area contributed by atoms with E-state index >= 15 is 0 Å². The maximum absolute atomic E-state index is 13.7. The van der Waals surface area contributed by atoms with Crippen LogP contribution in [-0.2, 0) is 13.1 Å². The van der Waals surface area contributed by atoms with Gasteiger partial charge in [-0.3, -0.25) is 4.90 Å². The van der Waals surface area contributed by atoms with Crippen LogP contribution in [0.3, 0.4) is 0 Å². The SMILES string of the molecule is Cc1cccc(-c2nnc(CN(C)Cc3ccccc3F)o2)c1. The zero-order valence-electron chi connectivity index (χ0n) is 13.2. The molecule has 0 bridgehead atoms. The minimum atomic E-state index is -0.203. The first-order valence-corrected chi connectivity index (χ1v) is 7.43. The Labute approximate surface area is 134 Å². The quantitative estimate of drug-likeness (QED) is 0.718. The van der Waals surface area contributed by atoms with Gasteiger partial charge in [0.1, 0.15) is 5.82 Å². The summed E-state index contributed by atoms with van der Waals surface area (Å²) < 4.78 is 19.4. The molecule has 0 unspecified atom stereocenters. The summed E-state index contributed by atoms with van der Waals surface area (Å²) in [7, 11) is 1.89. The van der Waals surface area contributed by atoms with Gasteiger partial charge in [-0.15, -0.1) is 10.2 Å². The first-order valence-electron chi connectivity index (χ1n) is 7.43. The van der Waals surface area contributed by atoms with Crippen molar-refractivity contribution in [1.82, 2.24) is 15.1 Å². The molecule has 0 saturated carbocycles. The van der Waals surface area contributed by atoms with Crippen LogP contribution in [-0.4, -0.2) is 22.1 Å². The molecule has 0 atom stereocenters. The average molecular weight is 311 g/mol. The highest BCUT2D eigenvalue weighted by molar-refractivity contribution is 5.53. The Bertz CT molecular complexity index is 800. The van der Waals surface area contributed by atoms with E-state index in [1.807, 2.05) is 49.2 Å². The summed E-state index contributed by atoms with van der Waals surface area (Å²) in [6.07, 6.45) is 0. The van der Waals surface area contributed by atoms with Crippen molar-refractivity contribution in [3.8, 4) is 11.5 Å². The highest BCUT2D eigenvalue weighted by Crippen LogP contribution is 2.19. The summed E-state index contributed by atoms with van der Waals surface area (Å²) in [4.78, 5) is 1.94. The summed E-state index contributed by atoms with van der Waals surface area (Å²) in [5.41, 5.74) is 2.69. The summed E-state index contributed by atoms with van der Waals surface area (Å²) in [6, 6.07) is 14.7. The molecule has 0 saturated heterocycles. The van der Waals surface area contributed by atoms with E-state index in [0.29, 0.717) is 30.4 Å². The number of aromatic nitrogens is 2. The van der Waals surface area contributed by atoms with Crippen molar-refractivity contribution in [1.29, 1.82) is 0 Å². The maximum atomic E-state index is 13.7. The fourth-order valence-corrected chi connectivity index (χ4v) is 2.42. The normalized spacial score (nSPS) is 11.1. The number of aryl methyl sites for hydroxylation is 1. The average Bonchev–Trinajstić information content (AvgIpc) is 2.98. The topological polar surface area (TPSA) is 42.2 Å². The van der Waals surface area contributed by atoms with E-state index in [4.69, 9.17) is 4.42 Å². The molecule has 0 N–H and O–H groups in total. The number of benzene rings is 2. The van der Waals surface area contributed by atoms with Crippen LogP contribution in [0.1, 0.15) is 17.0 Å². The summed E-state index contributed by atoms with van der Waals surface area (Å²) in [5, 5.41) is 8.16. The Balaban J connectivity index is 1.68. The molecule has 0 aliphatic rings. The molecule has 0 amide bonds. The van der Waals surface area contributed by atoms with E-state index < -0.39 is 0 Å². The largest absolute Gasteiger partial charge is 0.419 e. The molecule has 0 aliphatic heterocycles. The number of hydrogen-bond donors (Lipinski definition) is 0. The molecule has 0 aliphatic carbocycles. The first-order chi connectivity index (χ1) is 11.1. The molecule has 0 radical (unpaired) electrons. The summed E-state index contributed by atoms with van der Waals surface area (Å²) in [6.45, 7) is 2.96. The Hall–Kier alpha value is -2.53. The van der Waals surface area contributed by atoms with Crippen LogP contribution < -0.4 is 0 Å². The Kier molecular flexibility index (Phi) is 4.48. The molecule has 118 valence electrons. The van der Waals surface area contributed by atoms with Gasteiger partial charge in [0, 0.05) is 17.7 Å². The van der Waals surface area contributed by atoms with Crippen molar-refractivity contribution in [3.05, 3.63) is 71.4 Å². The van der Waals surface area contributed by atoms with E-state index in [1.165, 1.54) is 6.07 Å². The van der Waals surface area contributed by atoms with Crippen molar-refractivity contribution >= 4 is 0 Å². The number of rotatable bonds is 5. The van der Waals surface area contributed by atoms with Gasteiger partial charge in [0.25, 0.3) is 0 Å². The second-order valence-corrected chi connectivity index (χ2v) is 5.63. The second kappa shape index (κ2) is 6.71. The molecule has 0 spiro atoms. The monoisotopic (exact) mass is 311 g/mol. The van der Waals surface area contributed by atoms with E-state index in [0.717, 1.165) is 11.1 Å². The zero-order valence-corrected chi connectivity index (χ0v) is 13.2. The van der Waals surface area contributed by atoms with E-state index in [2.05, 4.69) is 10.2 Å². The Morgan fingerprint density at radius 2 is 1.87 bits per heavy atom. The molecule has 3 rings (SSSR count). The van der Waals surface area contributed by atoms with Gasteiger partial charge in [0.15, 0.2) is 0 Å². The van der Waals surface area contributed by atoms with Crippen LogP contribution in [0.15, 0.2) is 52.9 Å². The summed E-state index contributed by atoms with van der Waals surface area (Å²) in [5.74, 6) is 0.814. The van der Waals surface area contributed by atoms with Crippen LogP contribution in [0, 0.1) is 12.7 Å². The predicted octanol–water partition coefficient (Wildman–Crippen LogP) is 3.82. The molecule has 5 heteroatoms. The molecule has 4 nitrogen and oxygen atoms in total. The smallest absolute Gasteiger partial charge is 0.247 e. The van der Waals surface area contributed by atoms with Crippen LogP contribution >= 0.6 is 0 Å². The van der Waals surface area contributed by atoms with Gasteiger partial charge in [-0.2, -0.15) is 0 Å². The van der Waals surface area contributed by atoms with Crippen LogP contribution in [0.2, 0.25) is 0 Å². The van der Waals surface area contributed by atoms with Gasteiger partial charge >= 0.3 is 0 Å². The second-order valence-electron chi connectivity index (χ2n) is 5.63. The zero-order chi connectivity index (χ0) is 16.2. The van der Waals surface area contributed by atoms with Crippen molar-refractivity contribution < 1.29 is 8.81 Å². The number of halogens is 1. The van der Waals surface area contributed by atoms with Gasteiger partial charge in [-0.1, -0.05) is 35.9 Å². The third-order valence-corrected chi connectivity index (χ3v) is 3.54. The third-order valence-electron chi connectivity index (χ3n) is 3.54. The highest BCUT2D eigenvalue weighted by Gasteiger charge is 2.12. The van der Waals surface area contributed by atoms with Crippen LogP contribution in [0.5, 0.6) is 0 Å². The van der Waals surface area contributed by atoms with Crippen LogP contribution in [0.4, 0.5) is 4.39 Å². The highest BCUT2D eigenvalue weighted by atomic mass is 19.1. The molecule has 23 heavy (non-hydrogen) atoms. The lowest BCUT2D eigenvalue weighted by molar-refractivity contribution is 0.279. The lowest BCUT2D eigenvalue weighted by Crippen LogP contribution is -2.18. The van der Waals surface area contributed by atoms with Crippen molar-refractivity contribution in [2.45, 2.75) is 20.0 Å². The summed E-state index contributed by atoms with van der Waals surface area (Å²) >= 11 is 0. The van der Waals surface area contributed by atoms with E-state index in [-0.39, 0.29) is 5.82 Å². The number of hydrogen-bond acceptors (Lipinski definition) is 4. The van der Waals surface area contributed by atoms with Crippen LogP contribution in [0.25, 0.3) is 11.5 Å². The molecule has 0 fully saturated rings. The molecule has 2 aromatic carbocycles. The fraction of sp³-hybridized carbons (Fsp3) is 0.222. The van der Waals surface area contributed by atoms with Gasteiger partial charge < -0.3 is 4.42 Å². The van der Waals surface area contributed by atoms with Gasteiger partial charge in [0.05, 0.1) is 6.54 Å². The van der Waals surface area contributed by atoms with Crippen molar-refractivity contribution in [2.24, 2.45) is 0 Å². The lowest BCUT2D eigenvalue weighted by Gasteiger charge is -2.14. The Morgan fingerprint density at radius 3 is 2.65 bits per heavy atom. The van der Waals surface area contributed by atoms with E-state index in [1.54, 1.807) is 12.1 Å². The van der Waals surface area contributed by atoms with Gasteiger partial charge in [-0.05, 0) is 32.2 Å². The first kappa shape index (κ1) is 15.4. The van der Waals surface area contributed by atoms with E-state index in [9.17, 15) is 4.39 Å². The third kappa shape index (κ3) is 3.81. The lowest BCUT2D eigenvalue weighted by atomic mass is 10.1. The molecular weight excluding hydrogens is 293 g/mol. The molecule has 3 aromatic rings. The minimum absolute atomic E-state index is 0.203. The molecule has 1 aromatic heterocycles. The van der Waals surface area contributed by atoms with Crippen molar-refractivity contribution in [2.75, 3.05) is 7.05 Å². The standard InChI is InChI=1S/C18H18FN3O/c1-13-6-5-8-14(10-13)18-21-20-17(23-18)12-22(2)11-15-7-3-4-9-16(15)19/h3-10H,11-12H2,1-2H3. The van der Waals surface area contributed by atoms with Crippen molar-refractivity contribution in [3.63, 3.8) is 0 Å². The predicted molar refractivity (Wildman–Crippen MR) is 86.0 cm³/mol. The van der Waals surface area contributed by atoms with Gasteiger partial charge in [-0.25, -0.2) is 4.39 Å². The minimum Gasteiger partial charge on any atom is -0.419 e. The Morgan fingerprint density at radius 1 is 1.04 bits per heavy atom. The number of nitrogens with zero attached hydrogens (tertiary/aromatic N) is 3.